The lowest BCUT2D eigenvalue weighted by Crippen LogP contribution is -2.36. The van der Waals surface area contributed by atoms with Crippen LogP contribution in [0.15, 0.2) is 48.7 Å². The number of rotatable bonds is 9. The summed E-state index contributed by atoms with van der Waals surface area (Å²) in [6.45, 7) is 2.20. The number of anilines is 3. The van der Waals surface area contributed by atoms with Crippen molar-refractivity contribution in [3.05, 3.63) is 70.6 Å². The Balaban J connectivity index is 1.74. The second-order valence-electron chi connectivity index (χ2n) is 8.87. The highest BCUT2D eigenvalue weighted by atomic mass is 35.5. The van der Waals surface area contributed by atoms with Crippen LogP contribution in [0.3, 0.4) is 0 Å². The summed E-state index contributed by atoms with van der Waals surface area (Å²) >= 11 is 5.80. The van der Waals surface area contributed by atoms with Crippen LogP contribution in [0.4, 0.5) is 34.8 Å². The number of benzene rings is 2. The average molecular weight is 626 g/mol. The van der Waals surface area contributed by atoms with E-state index in [1.807, 2.05) is 4.90 Å². The Morgan fingerprint density at radius 2 is 1.72 bits per heavy atom. The number of esters is 1. The third kappa shape index (κ3) is 7.88. The van der Waals surface area contributed by atoms with Crippen molar-refractivity contribution < 1.29 is 46.2 Å². The molecule has 0 saturated carbocycles. The number of ether oxygens (including phenoxy) is 3. The zero-order valence-corrected chi connectivity index (χ0v) is 22.9. The smallest absolute Gasteiger partial charge is 0.491 e. The van der Waals surface area contributed by atoms with Crippen molar-refractivity contribution in [2.45, 2.75) is 6.18 Å². The van der Waals surface area contributed by atoms with Gasteiger partial charge in [0.15, 0.2) is 11.6 Å². The third-order valence-electron chi connectivity index (χ3n) is 5.95. The SMILES string of the molecule is NCCOc1cc(N2CCOCC2)ccc1C(=O)Nc1c(C(=O)Nc2ccc(Cl)cn2)ccc(F)c1OC(=O)C(F)(F)F. The highest BCUT2D eigenvalue weighted by Gasteiger charge is 2.42. The molecule has 11 nitrogen and oxygen atoms in total. The maximum absolute atomic E-state index is 14.9. The molecule has 1 aliphatic heterocycles. The quantitative estimate of drug-likeness (QED) is 0.182. The van der Waals surface area contributed by atoms with Gasteiger partial charge in [0.05, 0.1) is 29.4 Å². The standard InChI is InChI=1S/C27H24ClF4N5O6/c28-15-1-6-21(34-14-15)35-25(39)18-4-5-19(29)23(43-26(40)27(30,31)32)22(18)36-24(38)17-3-2-16(13-20(17)42-10-7-33)37-8-11-41-12-9-37/h1-6,13-14H,7-12,33H2,(H,36,38)(H,34,35,39). The van der Waals surface area contributed by atoms with Crippen molar-refractivity contribution in [3.8, 4) is 11.5 Å². The Morgan fingerprint density at radius 1 is 1.02 bits per heavy atom. The van der Waals surface area contributed by atoms with Gasteiger partial charge < -0.3 is 35.5 Å². The van der Waals surface area contributed by atoms with E-state index in [4.69, 9.17) is 26.8 Å². The number of amides is 2. The van der Waals surface area contributed by atoms with E-state index in [1.165, 1.54) is 24.4 Å². The van der Waals surface area contributed by atoms with Crippen molar-refractivity contribution in [3.63, 3.8) is 0 Å². The summed E-state index contributed by atoms with van der Waals surface area (Å²) in [6, 6.07) is 8.75. The number of nitrogens with zero attached hydrogens (tertiary/aromatic N) is 2. The van der Waals surface area contributed by atoms with E-state index in [0.29, 0.717) is 38.1 Å². The molecule has 1 fully saturated rings. The van der Waals surface area contributed by atoms with Gasteiger partial charge in [0.25, 0.3) is 11.8 Å². The second-order valence-corrected chi connectivity index (χ2v) is 9.31. The van der Waals surface area contributed by atoms with Crippen LogP contribution in [-0.4, -0.2) is 68.4 Å². The Morgan fingerprint density at radius 3 is 2.37 bits per heavy atom. The van der Waals surface area contributed by atoms with Gasteiger partial charge >= 0.3 is 12.1 Å². The molecule has 43 heavy (non-hydrogen) atoms. The lowest BCUT2D eigenvalue weighted by molar-refractivity contribution is -0.189. The van der Waals surface area contributed by atoms with E-state index in [0.717, 1.165) is 6.07 Å². The van der Waals surface area contributed by atoms with E-state index in [-0.39, 0.29) is 35.3 Å². The Bertz CT molecular complexity index is 1500. The normalized spacial score (nSPS) is 13.3. The topological polar surface area (TPSA) is 145 Å². The third-order valence-corrected chi connectivity index (χ3v) is 6.17. The molecule has 0 atom stereocenters. The van der Waals surface area contributed by atoms with Gasteiger partial charge in [-0.15, -0.1) is 0 Å². The number of aromatic nitrogens is 1. The van der Waals surface area contributed by atoms with Gasteiger partial charge in [0.2, 0.25) is 0 Å². The molecule has 0 bridgehead atoms. The fraction of sp³-hybridized carbons (Fsp3) is 0.259. The number of halogens is 5. The maximum Gasteiger partial charge on any atom is 0.491 e. The number of alkyl halides is 3. The molecule has 1 aromatic heterocycles. The zero-order chi connectivity index (χ0) is 31.1. The molecule has 0 aliphatic carbocycles. The predicted octanol–water partition coefficient (Wildman–Crippen LogP) is 4.02. The van der Waals surface area contributed by atoms with Gasteiger partial charge in [0, 0.05) is 37.6 Å². The number of nitrogens with one attached hydrogen (secondary N) is 2. The highest BCUT2D eigenvalue weighted by Crippen LogP contribution is 2.36. The summed E-state index contributed by atoms with van der Waals surface area (Å²) in [5, 5.41) is 4.82. The summed E-state index contributed by atoms with van der Waals surface area (Å²) in [6.07, 6.45) is -4.30. The van der Waals surface area contributed by atoms with E-state index in [2.05, 4.69) is 20.4 Å². The Kier molecular flexibility index (Phi) is 10.0. The Labute approximate surface area is 246 Å². The first-order valence-corrected chi connectivity index (χ1v) is 13.0. The lowest BCUT2D eigenvalue weighted by atomic mass is 10.1. The van der Waals surface area contributed by atoms with Crippen LogP contribution in [0.2, 0.25) is 5.02 Å². The molecule has 0 spiro atoms. The van der Waals surface area contributed by atoms with E-state index in [1.54, 1.807) is 12.1 Å². The number of morpholine rings is 1. The molecule has 4 rings (SSSR count). The summed E-state index contributed by atoms with van der Waals surface area (Å²) in [4.78, 5) is 44.2. The minimum absolute atomic E-state index is 0.00298. The van der Waals surface area contributed by atoms with Crippen molar-refractivity contribution in [1.29, 1.82) is 0 Å². The summed E-state index contributed by atoms with van der Waals surface area (Å²) in [7, 11) is 0. The minimum atomic E-state index is -5.52. The van der Waals surface area contributed by atoms with Gasteiger partial charge in [-0.25, -0.2) is 14.2 Å². The molecule has 3 aromatic rings. The van der Waals surface area contributed by atoms with Crippen molar-refractivity contribution >= 4 is 46.6 Å². The van der Waals surface area contributed by atoms with E-state index < -0.39 is 46.8 Å². The molecular weight excluding hydrogens is 602 g/mol. The second kappa shape index (κ2) is 13.7. The molecule has 0 unspecified atom stereocenters. The number of hydrogen-bond donors (Lipinski definition) is 3. The molecule has 1 aliphatic rings. The number of carbonyl (C=O) groups excluding carboxylic acids is 3. The first-order chi connectivity index (χ1) is 20.5. The molecule has 228 valence electrons. The molecule has 1 saturated heterocycles. The zero-order valence-electron chi connectivity index (χ0n) is 22.2. The van der Waals surface area contributed by atoms with Crippen molar-refractivity contribution in [1.82, 2.24) is 4.98 Å². The first-order valence-electron chi connectivity index (χ1n) is 12.6. The predicted molar refractivity (Wildman–Crippen MR) is 147 cm³/mol. The molecule has 2 heterocycles. The number of hydrogen-bond acceptors (Lipinski definition) is 9. The highest BCUT2D eigenvalue weighted by molar-refractivity contribution is 6.30. The van der Waals surface area contributed by atoms with Crippen LogP contribution in [-0.2, 0) is 9.53 Å². The minimum Gasteiger partial charge on any atom is -0.491 e. The molecule has 2 amide bonds. The summed E-state index contributed by atoms with van der Waals surface area (Å²) < 4.78 is 69.3. The van der Waals surface area contributed by atoms with Crippen LogP contribution in [0.5, 0.6) is 11.5 Å². The molecular formula is C27H24ClF4N5O6. The van der Waals surface area contributed by atoms with E-state index >= 15 is 0 Å². The molecule has 0 radical (unpaired) electrons. The fourth-order valence-corrected chi connectivity index (χ4v) is 4.05. The van der Waals surface area contributed by atoms with Gasteiger partial charge in [-0.05, 0) is 36.4 Å². The largest absolute Gasteiger partial charge is 0.491 e. The van der Waals surface area contributed by atoms with Crippen LogP contribution >= 0.6 is 11.6 Å². The van der Waals surface area contributed by atoms with Gasteiger partial charge in [-0.1, -0.05) is 11.6 Å². The van der Waals surface area contributed by atoms with Crippen LogP contribution in [0.1, 0.15) is 20.7 Å². The summed E-state index contributed by atoms with van der Waals surface area (Å²) in [5.74, 6) is -7.60. The average Bonchev–Trinajstić information content (AvgIpc) is 2.98. The maximum atomic E-state index is 14.9. The van der Waals surface area contributed by atoms with Gasteiger partial charge in [-0.2, -0.15) is 13.2 Å². The first kappa shape index (κ1) is 31.5. The summed E-state index contributed by atoms with van der Waals surface area (Å²) in [5.41, 5.74) is 4.71. The fourth-order valence-electron chi connectivity index (χ4n) is 3.94. The van der Waals surface area contributed by atoms with Crippen LogP contribution in [0, 0.1) is 5.82 Å². The number of nitrogens with two attached hydrogens (primary N) is 1. The molecule has 2 aromatic carbocycles. The van der Waals surface area contributed by atoms with Gasteiger partial charge in [-0.3, -0.25) is 9.59 Å². The van der Waals surface area contributed by atoms with Crippen molar-refractivity contribution in [2.24, 2.45) is 5.73 Å². The molecule has 4 N–H and O–H groups in total. The number of carbonyl (C=O) groups is 3. The monoisotopic (exact) mass is 625 g/mol. The van der Waals surface area contributed by atoms with Gasteiger partial charge in [0.1, 0.15) is 23.9 Å². The lowest BCUT2D eigenvalue weighted by Gasteiger charge is -2.29. The Hall–Kier alpha value is -4.47. The van der Waals surface area contributed by atoms with Crippen LogP contribution in [0.25, 0.3) is 0 Å². The van der Waals surface area contributed by atoms with Crippen LogP contribution < -0.4 is 30.7 Å². The molecule has 16 heteroatoms. The van der Waals surface area contributed by atoms with Crippen molar-refractivity contribution in [2.75, 3.05) is 55.0 Å². The number of pyridine rings is 1. The van der Waals surface area contributed by atoms with E-state index in [9.17, 15) is 31.9 Å².